The number of rotatable bonds is 6. The number of carbonyl (C=O) groups excluding carboxylic acids is 1. The Bertz CT molecular complexity index is 593. The van der Waals surface area contributed by atoms with Gasteiger partial charge in [0.05, 0.1) is 5.69 Å². The molecule has 0 aliphatic heterocycles. The number of hydrogen-bond acceptors (Lipinski definition) is 3. The molecule has 2 amide bonds. The standard InChI is InChI=1S/C15H21N5O/c1-3-5-10-16-15(21)18-13-9-7-6-8-12(13)14-19-17-11-20(14)4-2/h6-9,11H,3-5,10H2,1-2H3,(H2,16,18,21). The lowest BCUT2D eigenvalue weighted by atomic mass is 10.1. The highest BCUT2D eigenvalue weighted by Crippen LogP contribution is 2.25. The summed E-state index contributed by atoms with van der Waals surface area (Å²) in [5, 5.41) is 13.8. The molecule has 0 atom stereocenters. The molecule has 0 aliphatic rings. The topological polar surface area (TPSA) is 71.8 Å². The van der Waals surface area contributed by atoms with E-state index in [1.54, 1.807) is 6.33 Å². The summed E-state index contributed by atoms with van der Waals surface area (Å²) in [5.41, 5.74) is 1.59. The fourth-order valence-corrected chi connectivity index (χ4v) is 2.03. The van der Waals surface area contributed by atoms with Crippen LogP contribution in [0.4, 0.5) is 10.5 Å². The predicted molar refractivity (Wildman–Crippen MR) is 83.1 cm³/mol. The van der Waals surface area contributed by atoms with Gasteiger partial charge < -0.3 is 15.2 Å². The van der Waals surface area contributed by atoms with Crippen molar-refractivity contribution in [3.05, 3.63) is 30.6 Å². The molecule has 0 spiro atoms. The molecule has 21 heavy (non-hydrogen) atoms. The smallest absolute Gasteiger partial charge is 0.319 e. The third kappa shape index (κ3) is 3.81. The van der Waals surface area contributed by atoms with E-state index in [9.17, 15) is 4.79 Å². The molecule has 0 unspecified atom stereocenters. The summed E-state index contributed by atoms with van der Waals surface area (Å²) < 4.78 is 1.94. The van der Waals surface area contributed by atoms with Crippen LogP contribution in [-0.2, 0) is 6.54 Å². The Balaban J connectivity index is 2.16. The van der Waals surface area contributed by atoms with Crippen molar-refractivity contribution in [3.63, 3.8) is 0 Å². The van der Waals surface area contributed by atoms with Crippen molar-refractivity contribution < 1.29 is 4.79 Å². The number of nitrogens with one attached hydrogen (secondary N) is 2. The molecule has 6 nitrogen and oxygen atoms in total. The molecular weight excluding hydrogens is 266 g/mol. The number of amides is 2. The number of carbonyl (C=O) groups is 1. The molecule has 1 aromatic carbocycles. The molecule has 0 radical (unpaired) electrons. The summed E-state index contributed by atoms with van der Waals surface area (Å²) >= 11 is 0. The minimum atomic E-state index is -0.196. The number of hydrogen-bond donors (Lipinski definition) is 2. The van der Waals surface area contributed by atoms with Crippen LogP contribution in [-0.4, -0.2) is 27.3 Å². The Kier molecular flexibility index (Phi) is 5.31. The summed E-state index contributed by atoms with van der Waals surface area (Å²) in [4.78, 5) is 11.9. The molecule has 0 fully saturated rings. The SMILES string of the molecule is CCCCNC(=O)Nc1ccccc1-c1nncn1CC. The van der Waals surface area contributed by atoms with Crippen LogP contribution in [0.5, 0.6) is 0 Å². The van der Waals surface area contributed by atoms with Gasteiger partial charge in [-0.3, -0.25) is 0 Å². The Hall–Kier alpha value is -2.37. The van der Waals surface area contributed by atoms with E-state index in [0.29, 0.717) is 6.54 Å². The van der Waals surface area contributed by atoms with Crippen molar-refractivity contribution in [2.75, 3.05) is 11.9 Å². The van der Waals surface area contributed by atoms with Gasteiger partial charge in [0.1, 0.15) is 6.33 Å². The number of unbranched alkanes of at least 4 members (excludes halogenated alkanes) is 1. The van der Waals surface area contributed by atoms with Crippen molar-refractivity contribution in [1.82, 2.24) is 20.1 Å². The zero-order valence-corrected chi connectivity index (χ0v) is 12.5. The van der Waals surface area contributed by atoms with Crippen LogP contribution in [0.15, 0.2) is 30.6 Å². The van der Waals surface area contributed by atoms with Crippen LogP contribution in [0, 0.1) is 0 Å². The summed E-state index contributed by atoms with van der Waals surface area (Å²) in [6, 6.07) is 7.40. The summed E-state index contributed by atoms with van der Waals surface area (Å²) in [7, 11) is 0. The quantitative estimate of drug-likeness (QED) is 0.802. The second-order valence-corrected chi connectivity index (χ2v) is 4.72. The van der Waals surface area contributed by atoms with E-state index in [1.807, 2.05) is 35.8 Å². The van der Waals surface area contributed by atoms with E-state index in [0.717, 1.165) is 36.5 Å². The average molecular weight is 287 g/mol. The van der Waals surface area contributed by atoms with E-state index in [1.165, 1.54) is 0 Å². The van der Waals surface area contributed by atoms with Crippen LogP contribution < -0.4 is 10.6 Å². The second kappa shape index (κ2) is 7.42. The van der Waals surface area contributed by atoms with Gasteiger partial charge >= 0.3 is 6.03 Å². The molecule has 0 saturated heterocycles. The van der Waals surface area contributed by atoms with Gasteiger partial charge in [-0.15, -0.1) is 10.2 Å². The molecule has 0 saturated carbocycles. The lowest BCUT2D eigenvalue weighted by molar-refractivity contribution is 0.252. The molecular formula is C15H21N5O. The molecule has 1 aromatic heterocycles. The molecule has 2 aromatic rings. The maximum atomic E-state index is 11.9. The number of nitrogens with zero attached hydrogens (tertiary/aromatic N) is 3. The highest BCUT2D eigenvalue weighted by Gasteiger charge is 2.12. The van der Waals surface area contributed by atoms with Gasteiger partial charge in [-0.1, -0.05) is 25.5 Å². The third-order valence-corrected chi connectivity index (χ3v) is 3.19. The number of benzene rings is 1. The fourth-order valence-electron chi connectivity index (χ4n) is 2.03. The maximum absolute atomic E-state index is 11.9. The second-order valence-electron chi connectivity index (χ2n) is 4.72. The Morgan fingerprint density at radius 3 is 2.86 bits per heavy atom. The maximum Gasteiger partial charge on any atom is 0.319 e. The van der Waals surface area contributed by atoms with Crippen LogP contribution in [0.3, 0.4) is 0 Å². The van der Waals surface area contributed by atoms with Crippen LogP contribution in [0.1, 0.15) is 26.7 Å². The molecule has 6 heteroatoms. The van der Waals surface area contributed by atoms with E-state index in [2.05, 4.69) is 27.8 Å². The summed E-state index contributed by atoms with van der Waals surface area (Å²) in [6.45, 7) is 5.57. The lowest BCUT2D eigenvalue weighted by Gasteiger charge is -2.12. The predicted octanol–water partition coefficient (Wildman–Crippen LogP) is 2.89. The zero-order valence-electron chi connectivity index (χ0n) is 12.5. The molecule has 112 valence electrons. The monoisotopic (exact) mass is 287 g/mol. The van der Waals surface area contributed by atoms with Crippen LogP contribution >= 0.6 is 0 Å². The first-order valence-electron chi connectivity index (χ1n) is 7.28. The molecule has 2 N–H and O–H groups in total. The Morgan fingerprint density at radius 2 is 2.10 bits per heavy atom. The minimum Gasteiger partial charge on any atom is -0.338 e. The zero-order chi connectivity index (χ0) is 15.1. The Labute approximate surface area is 124 Å². The number of anilines is 1. The third-order valence-electron chi connectivity index (χ3n) is 3.19. The van der Waals surface area contributed by atoms with Gasteiger partial charge in [0.25, 0.3) is 0 Å². The summed E-state index contributed by atoms with van der Waals surface area (Å²) in [6.07, 6.45) is 3.71. The number of aryl methyl sites for hydroxylation is 1. The molecule has 1 heterocycles. The number of aromatic nitrogens is 3. The molecule has 0 aliphatic carbocycles. The van der Waals surface area contributed by atoms with Gasteiger partial charge in [-0.05, 0) is 25.5 Å². The van der Waals surface area contributed by atoms with E-state index in [-0.39, 0.29) is 6.03 Å². The first kappa shape index (κ1) is 15.0. The van der Waals surface area contributed by atoms with E-state index in [4.69, 9.17) is 0 Å². The van der Waals surface area contributed by atoms with Gasteiger partial charge in [0, 0.05) is 18.7 Å². The molecule has 2 rings (SSSR count). The fraction of sp³-hybridized carbons (Fsp3) is 0.400. The first-order valence-corrected chi connectivity index (χ1v) is 7.28. The van der Waals surface area contributed by atoms with E-state index >= 15 is 0 Å². The van der Waals surface area contributed by atoms with Gasteiger partial charge in [-0.25, -0.2) is 4.79 Å². The summed E-state index contributed by atoms with van der Waals surface area (Å²) in [5.74, 6) is 0.752. The average Bonchev–Trinajstić information content (AvgIpc) is 2.96. The van der Waals surface area contributed by atoms with Crippen molar-refractivity contribution in [2.24, 2.45) is 0 Å². The van der Waals surface area contributed by atoms with Crippen LogP contribution in [0.2, 0.25) is 0 Å². The van der Waals surface area contributed by atoms with Crippen molar-refractivity contribution in [3.8, 4) is 11.4 Å². The van der Waals surface area contributed by atoms with E-state index < -0.39 is 0 Å². The van der Waals surface area contributed by atoms with Gasteiger partial charge in [-0.2, -0.15) is 0 Å². The minimum absolute atomic E-state index is 0.196. The molecule has 0 bridgehead atoms. The van der Waals surface area contributed by atoms with Crippen LogP contribution in [0.25, 0.3) is 11.4 Å². The number of urea groups is 1. The highest BCUT2D eigenvalue weighted by atomic mass is 16.2. The van der Waals surface area contributed by atoms with Crippen molar-refractivity contribution >= 4 is 11.7 Å². The normalized spacial score (nSPS) is 10.4. The number of para-hydroxylation sites is 1. The highest BCUT2D eigenvalue weighted by molar-refractivity contribution is 5.93. The van der Waals surface area contributed by atoms with Crippen molar-refractivity contribution in [1.29, 1.82) is 0 Å². The van der Waals surface area contributed by atoms with Gasteiger partial charge in [0.15, 0.2) is 5.82 Å². The first-order chi connectivity index (χ1) is 10.3. The Morgan fingerprint density at radius 1 is 1.29 bits per heavy atom. The van der Waals surface area contributed by atoms with Gasteiger partial charge in [0.2, 0.25) is 0 Å². The largest absolute Gasteiger partial charge is 0.338 e. The van der Waals surface area contributed by atoms with Crippen molar-refractivity contribution in [2.45, 2.75) is 33.2 Å². The lowest BCUT2D eigenvalue weighted by Crippen LogP contribution is -2.29.